The van der Waals surface area contributed by atoms with Crippen molar-refractivity contribution in [3.8, 4) is 0 Å². The van der Waals surface area contributed by atoms with E-state index in [1.54, 1.807) is 13.0 Å². The molecule has 0 spiro atoms. The van der Waals surface area contributed by atoms with E-state index in [2.05, 4.69) is 0 Å². The fraction of sp³-hybridized carbons (Fsp3) is 0.263. The van der Waals surface area contributed by atoms with Crippen molar-refractivity contribution in [1.82, 2.24) is 0 Å². The van der Waals surface area contributed by atoms with Gasteiger partial charge in [0.25, 0.3) is 0 Å². The number of esters is 2. The van der Waals surface area contributed by atoms with Gasteiger partial charge in [0, 0.05) is 5.56 Å². The SMILES string of the molecule is CCCOC(=O)c1ccccc1C(=O)OC(c1ccccc1)C(F)(F)F. The molecule has 0 saturated carbocycles. The monoisotopic (exact) mass is 366 g/mol. The number of halogens is 3. The molecule has 4 nitrogen and oxygen atoms in total. The predicted molar refractivity (Wildman–Crippen MR) is 87.7 cm³/mol. The third-order valence-electron chi connectivity index (χ3n) is 3.43. The first-order valence-electron chi connectivity index (χ1n) is 7.93. The van der Waals surface area contributed by atoms with Crippen molar-refractivity contribution >= 4 is 11.9 Å². The van der Waals surface area contributed by atoms with E-state index in [-0.39, 0.29) is 23.3 Å². The third kappa shape index (κ3) is 4.84. The van der Waals surface area contributed by atoms with Crippen LogP contribution in [0.2, 0.25) is 0 Å². The lowest BCUT2D eigenvalue weighted by atomic mass is 10.1. The van der Waals surface area contributed by atoms with Crippen LogP contribution in [-0.4, -0.2) is 24.7 Å². The summed E-state index contributed by atoms with van der Waals surface area (Å²) in [5.74, 6) is -2.04. The summed E-state index contributed by atoms with van der Waals surface area (Å²) in [6, 6.07) is 12.3. The van der Waals surface area contributed by atoms with Gasteiger partial charge in [0.05, 0.1) is 17.7 Å². The molecule has 0 amide bonds. The Morgan fingerprint density at radius 3 is 2.00 bits per heavy atom. The molecule has 2 aromatic rings. The van der Waals surface area contributed by atoms with E-state index in [9.17, 15) is 22.8 Å². The number of rotatable bonds is 6. The van der Waals surface area contributed by atoms with Crippen molar-refractivity contribution < 1.29 is 32.2 Å². The van der Waals surface area contributed by atoms with Crippen LogP contribution in [0.15, 0.2) is 54.6 Å². The zero-order valence-corrected chi connectivity index (χ0v) is 14.0. The second-order valence-electron chi connectivity index (χ2n) is 5.42. The molecular formula is C19H17F3O4. The van der Waals surface area contributed by atoms with Crippen LogP contribution in [0.5, 0.6) is 0 Å². The summed E-state index contributed by atoms with van der Waals surface area (Å²) in [7, 11) is 0. The summed E-state index contributed by atoms with van der Waals surface area (Å²) in [6.07, 6.45) is -6.66. The lowest BCUT2D eigenvalue weighted by Gasteiger charge is -2.21. The molecule has 0 aromatic heterocycles. The molecule has 0 bridgehead atoms. The molecule has 0 saturated heterocycles. The van der Waals surface area contributed by atoms with Crippen LogP contribution in [0.4, 0.5) is 13.2 Å². The molecule has 0 aliphatic rings. The van der Waals surface area contributed by atoms with Gasteiger partial charge in [0.1, 0.15) is 0 Å². The molecule has 0 heterocycles. The standard InChI is InChI=1S/C19H17F3O4/c1-2-12-25-17(23)14-10-6-7-11-15(14)18(24)26-16(19(20,21)22)13-8-4-3-5-9-13/h3-11,16H,2,12H2,1H3. The summed E-state index contributed by atoms with van der Waals surface area (Å²) in [5.41, 5.74) is -0.627. The summed E-state index contributed by atoms with van der Waals surface area (Å²) in [6.45, 7) is 1.93. The van der Waals surface area contributed by atoms with Gasteiger partial charge in [0.15, 0.2) is 0 Å². The van der Waals surface area contributed by atoms with E-state index in [0.29, 0.717) is 6.42 Å². The molecule has 0 radical (unpaired) electrons. The smallest absolute Gasteiger partial charge is 0.429 e. The van der Waals surface area contributed by atoms with Gasteiger partial charge in [-0.05, 0) is 18.6 Å². The number of carbonyl (C=O) groups is 2. The second kappa shape index (κ2) is 8.51. The lowest BCUT2D eigenvalue weighted by molar-refractivity contribution is -0.207. The zero-order chi connectivity index (χ0) is 19.2. The average molecular weight is 366 g/mol. The van der Waals surface area contributed by atoms with Crippen molar-refractivity contribution in [2.24, 2.45) is 0 Å². The van der Waals surface area contributed by atoms with Crippen LogP contribution in [0.25, 0.3) is 0 Å². The van der Waals surface area contributed by atoms with Crippen LogP contribution in [-0.2, 0) is 9.47 Å². The highest BCUT2D eigenvalue weighted by atomic mass is 19.4. The molecule has 7 heteroatoms. The Labute approximate surface area is 148 Å². The lowest BCUT2D eigenvalue weighted by Crippen LogP contribution is -2.27. The van der Waals surface area contributed by atoms with E-state index in [1.807, 2.05) is 0 Å². The van der Waals surface area contributed by atoms with Gasteiger partial charge in [-0.15, -0.1) is 0 Å². The van der Waals surface area contributed by atoms with Crippen molar-refractivity contribution in [1.29, 1.82) is 0 Å². The normalized spacial score (nSPS) is 12.3. The molecule has 138 valence electrons. The van der Waals surface area contributed by atoms with Crippen molar-refractivity contribution in [3.63, 3.8) is 0 Å². The minimum Gasteiger partial charge on any atom is -0.462 e. The first-order valence-corrected chi connectivity index (χ1v) is 7.93. The molecule has 1 atom stereocenters. The van der Waals surface area contributed by atoms with E-state index >= 15 is 0 Å². The Kier molecular flexibility index (Phi) is 6.38. The zero-order valence-electron chi connectivity index (χ0n) is 14.0. The summed E-state index contributed by atoms with van der Waals surface area (Å²) < 4.78 is 49.7. The third-order valence-corrected chi connectivity index (χ3v) is 3.43. The Morgan fingerprint density at radius 1 is 0.923 bits per heavy atom. The topological polar surface area (TPSA) is 52.6 Å². The Bertz CT molecular complexity index is 757. The van der Waals surface area contributed by atoms with E-state index in [4.69, 9.17) is 9.47 Å². The molecule has 0 aliphatic heterocycles. The maximum atomic E-state index is 13.3. The number of benzene rings is 2. The highest BCUT2D eigenvalue weighted by molar-refractivity contribution is 6.03. The number of carbonyl (C=O) groups excluding carboxylic acids is 2. The van der Waals surface area contributed by atoms with E-state index < -0.39 is 24.2 Å². The predicted octanol–water partition coefficient (Wildman–Crippen LogP) is 4.71. The molecule has 0 N–H and O–H groups in total. The molecule has 2 rings (SSSR count). The van der Waals surface area contributed by atoms with Gasteiger partial charge in [-0.25, -0.2) is 9.59 Å². The number of hydrogen-bond donors (Lipinski definition) is 0. The summed E-state index contributed by atoms with van der Waals surface area (Å²) >= 11 is 0. The number of ether oxygens (including phenoxy) is 2. The number of hydrogen-bond acceptors (Lipinski definition) is 4. The van der Waals surface area contributed by atoms with Crippen LogP contribution in [0.3, 0.4) is 0 Å². The molecule has 26 heavy (non-hydrogen) atoms. The van der Waals surface area contributed by atoms with Crippen molar-refractivity contribution in [3.05, 3.63) is 71.3 Å². The highest BCUT2D eigenvalue weighted by Crippen LogP contribution is 2.36. The minimum absolute atomic E-state index is 0.136. The Balaban J connectivity index is 2.29. The first-order chi connectivity index (χ1) is 12.3. The van der Waals surface area contributed by atoms with E-state index in [0.717, 1.165) is 0 Å². The first kappa shape index (κ1) is 19.5. The van der Waals surface area contributed by atoms with Crippen LogP contribution >= 0.6 is 0 Å². The molecule has 2 aromatic carbocycles. The maximum absolute atomic E-state index is 13.3. The fourth-order valence-electron chi connectivity index (χ4n) is 2.23. The van der Waals surface area contributed by atoms with Crippen LogP contribution < -0.4 is 0 Å². The average Bonchev–Trinajstić information content (AvgIpc) is 2.63. The van der Waals surface area contributed by atoms with Gasteiger partial charge in [-0.3, -0.25) is 0 Å². The van der Waals surface area contributed by atoms with Gasteiger partial charge < -0.3 is 9.47 Å². The van der Waals surface area contributed by atoms with Gasteiger partial charge in [-0.1, -0.05) is 49.4 Å². The van der Waals surface area contributed by atoms with E-state index in [1.165, 1.54) is 48.5 Å². The quantitative estimate of drug-likeness (QED) is 0.695. The number of alkyl halides is 3. The van der Waals surface area contributed by atoms with Gasteiger partial charge in [-0.2, -0.15) is 13.2 Å². The fourth-order valence-corrected chi connectivity index (χ4v) is 2.23. The van der Waals surface area contributed by atoms with Gasteiger partial charge in [0.2, 0.25) is 6.10 Å². The second-order valence-corrected chi connectivity index (χ2v) is 5.42. The highest BCUT2D eigenvalue weighted by Gasteiger charge is 2.44. The molecule has 1 unspecified atom stereocenters. The Morgan fingerprint density at radius 2 is 1.46 bits per heavy atom. The van der Waals surface area contributed by atoms with Gasteiger partial charge >= 0.3 is 18.1 Å². The molecule has 0 aliphatic carbocycles. The molecule has 0 fully saturated rings. The summed E-state index contributed by atoms with van der Waals surface area (Å²) in [5, 5.41) is 0. The summed E-state index contributed by atoms with van der Waals surface area (Å²) in [4.78, 5) is 24.4. The minimum atomic E-state index is -4.80. The van der Waals surface area contributed by atoms with Crippen LogP contribution in [0, 0.1) is 0 Å². The van der Waals surface area contributed by atoms with Crippen molar-refractivity contribution in [2.75, 3.05) is 6.61 Å². The largest absolute Gasteiger partial charge is 0.462 e. The Hall–Kier alpha value is -2.83. The van der Waals surface area contributed by atoms with Crippen molar-refractivity contribution in [2.45, 2.75) is 25.6 Å². The molecular weight excluding hydrogens is 349 g/mol. The maximum Gasteiger partial charge on any atom is 0.429 e. The van der Waals surface area contributed by atoms with Crippen LogP contribution in [0.1, 0.15) is 45.7 Å².